The molecule has 0 aromatic heterocycles. The first-order valence-corrected chi connectivity index (χ1v) is 10.6. The summed E-state index contributed by atoms with van der Waals surface area (Å²) in [5.74, 6) is 0.361. The summed E-state index contributed by atoms with van der Waals surface area (Å²) >= 11 is 3.47. The van der Waals surface area contributed by atoms with Crippen molar-refractivity contribution >= 4 is 39.0 Å². The number of rotatable bonds is 7. The van der Waals surface area contributed by atoms with Crippen molar-refractivity contribution in [1.29, 1.82) is 0 Å². The van der Waals surface area contributed by atoms with Gasteiger partial charge in [-0.05, 0) is 51.1 Å². The molecule has 0 atom stereocenters. The Morgan fingerprint density at radius 2 is 1.68 bits per heavy atom. The number of benzene rings is 4. The third kappa shape index (κ3) is 4.84. The van der Waals surface area contributed by atoms with Crippen molar-refractivity contribution in [2.24, 2.45) is 0 Å². The van der Waals surface area contributed by atoms with E-state index in [-0.39, 0.29) is 5.75 Å². The molecule has 154 valence electrons. The Hall–Kier alpha value is -3.44. The van der Waals surface area contributed by atoms with Crippen LogP contribution in [-0.2, 0) is 6.42 Å². The fourth-order valence-electron chi connectivity index (χ4n) is 3.29. The summed E-state index contributed by atoms with van der Waals surface area (Å²) in [7, 11) is 0. The van der Waals surface area contributed by atoms with Crippen LogP contribution in [0.2, 0.25) is 0 Å². The van der Waals surface area contributed by atoms with E-state index in [4.69, 9.17) is 9.47 Å². The first-order valence-electron chi connectivity index (χ1n) is 9.81. The number of hydrogen-bond acceptors (Lipinski definition) is 4. The lowest BCUT2D eigenvalue weighted by Crippen LogP contribution is -2.10. The molecule has 0 fully saturated rings. The molecule has 31 heavy (non-hydrogen) atoms. The van der Waals surface area contributed by atoms with Gasteiger partial charge in [-0.15, -0.1) is 0 Å². The number of esters is 1. The Bertz CT molecular complexity index is 1230. The van der Waals surface area contributed by atoms with Gasteiger partial charge in [-0.2, -0.15) is 0 Å². The van der Waals surface area contributed by atoms with Crippen molar-refractivity contribution in [1.82, 2.24) is 0 Å². The largest absolute Gasteiger partial charge is 0.492 e. The first kappa shape index (κ1) is 20.8. The summed E-state index contributed by atoms with van der Waals surface area (Å²) in [6.07, 6.45) is 1.47. The topological polar surface area (TPSA) is 52.6 Å². The van der Waals surface area contributed by atoms with Crippen molar-refractivity contribution in [2.75, 3.05) is 6.61 Å². The minimum absolute atomic E-state index is 0.261. The Balaban J connectivity index is 1.49. The van der Waals surface area contributed by atoms with E-state index in [2.05, 4.69) is 28.1 Å². The van der Waals surface area contributed by atoms with Crippen molar-refractivity contribution in [2.45, 2.75) is 6.42 Å². The van der Waals surface area contributed by atoms with Gasteiger partial charge in [0, 0.05) is 11.8 Å². The molecule has 0 N–H and O–H groups in total. The second-order valence-electron chi connectivity index (χ2n) is 6.94. The molecule has 5 heteroatoms. The number of hydrogen-bond donors (Lipinski definition) is 0. The third-order valence-corrected chi connectivity index (χ3v) is 5.51. The smallest absolute Gasteiger partial charge is 0.343 e. The molecule has 4 nitrogen and oxygen atoms in total. The van der Waals surface area contributed by atoms with Crippen LogP contribution in [0.15, 0.2) is 89.4 Å². The highest BCUT2D eigenvalue weighted by atomic mass is 79.9. The van der Waals surface area contributed by atoms with Crippen LogP contribution in [0.1, 0.15) is 26.3 Å². The van der Waals surface area contributed by atoms with Crippen LogP contribution < -0.4 is 9.47 Å². The van der Waals surface area contributed by atoms with Gasteiger partial charge in [0.15, 0.2) is 6.29 Å². The highest BCUT2D eigenvalue weighted by Crippen LogP contribution is 2.31. The molecule has 0 aliphatic heterocycles. The Kier molecular flexibility index (Phi) is 6.43. The van der Waals surface area contributed by atoms with Crippen LogP contribution in [0.3, 0.4) is 0 Å². The zero-order valence-corrected chi connectivity index (χ0v) is 18.2. The van der Waals surface area contributed by atoms with Crippen molar-refractivity contribution in [3.63, 3.8) is 0 Å². The lowest BCUT2D eigenvalue weighted by molar-refractivity contribution is 0.0736. The molecular formula is C26H19BrO4. The lowest BCUT2D eigenvalue weighted by Gasteiger charge is -2.12. The molecule has 0 bridgehead atoms. The van der Waals surface area contributed by atoms with Gasteiger partial charge in [-0.3, -0.25) is 4.79 Å². The number of aldehydes is 1. The van der Waals surface area contributed by atoms with Gasteiger partial charge in [0.2, 0.25) is 0 Å². The maximum Gasteiger partial charge on any atom is 0.343 e. The standard InChI is InChI=1S/C26H19BrO4/c27-23-16-20(12-13-24(23)30-15-14-18-6-2-1-3-7-18)26(29)31-25-21(17-28)11-10-19-8-4-5-9-22(19)25/h1-13,16-17H,14-15H2. The van der Waals surface area contributed by atoms with E-state index in [1.54, 1.807) is 24.3 Å². The van der Waals surface area contributed by atoms with E-state index in [9.17, 15) is 9.59 Å². The Labute approximate surface area is 188 Å². The highest BCUT2D eigenvalue weighted by Gasteiger charge is 2.16. The molecule has 0 unspecified atom stereocenters. The molecule has 0 spiro atoms. The maximum absolute atomic E-state index is 12.8. The summed E-state index contributed by atoms with van der Waals surface area (Å²) in [5.41, 5.74) is 1.87. The van der Waals surface area contributed by atoms with Gasteiger partial charge < -0.3 is 9.47 Å². The molecule has 0 amide bonds. The molecule has 4 aromatic rings. The third-order valence-electron chi connectivity index (χ3n) is 4.89. The fraction of sp³-hybridized carbons (Fsp3) is 0.0769. The van der Waals surface area contributed by atoms with Gasteiger partial charge >= 0.3 is 5.97 Å². The summed E-state index contributed by atoms with van der Waals surface area (Å²) in [4.78, 5) is 24.3. The number of carbonyl (C=O) groups is 2. The van der Waals surface area contributed by atoms with Gasteiger partial charge in [-0.25, -0.2) is 4.79 Å². The van der Waals surface area contributed by atoms with E-state index in [0.717, 1.165) is 11.8 Å². The van der Waals surface area contributed by atoms with E-state index in [1.165, 1.54) is 5.56 Å². The second-order valence-corrected chi connectivity index (χ2v) is 7.80. The lowest BCUT2D eigenvalue weighted by atomic mass is 10.1. The minimum atomic E-state index is -0.545. The van der Waals surface area contributed by atoms with Crippen molar-refractivity contribution < 1.29 is 19.1 Å². The normalized spacial score (nSPS) is 10.6. The van der Waals surface area contributed by atoms with Crippen LogP contribution >= 0.6 is 15.9 Å². The average molecular weight is 475 g/mol. The molecule has 0 aliphatic rings. The van der Waals surface area contributed by atoms with Crippen molar-refractivity contribution in [3.05, 3.63) is 106 Å². The average Bonchev–Trinajstić information content (AvgIpc) is 2.81. The number of ether oxygens (including phenoxy) is 2. The predicted octanol–water partition coefficient (Wildman–Crippen LogP) is 6.26. The molecular weight excluding hydrogens is 456 g/mol. The van der Waals surface area contributed by atoms with E-state index < -0.39 is 5.97 Å². The monoisotopic (exact) mass is 474 g/mol. The molecule has 0 heterocycles. The summed E-state index contributed by atoms with van der Waals surface area (Å²) < 4.78 is 12.1. The zero-order chi connectivity index (χ0) is 21.6. The number of fused-ring (bicyclic) bond motifs is 1. The van der Waals surface area contributed by atoms with E-state index >= 15 is 0 Å². The van der Waals surface area contributed by atoms with Gasteiger partial charge in [0.25, 0.3) is 0 Å². The van der Waals surface area contributed by atoms with Crippen LogP contribution in [0.4, 0.5) is 0 Å². The quantitative estimate of drug-likeness (QED) is 0.180. The Morgan fingerprint density at radius 3 is 2.45 bits per heavy atom. The van der Waals surface area contributed by atoms with E-state index in [1.807, 2.05) is 48.5 Å². The van der Waals surface area contributed by atoms with Gasteiger partial charge in [-0.1, -0.05) is 60.7 Å². The second kappa shape index (κ2) is 9.58. The number of carbonyl (C=O) groups excluding carboxylic acids is 2. The number of halogens is 1. The summed E-state index contributed by atoms with van der Waals surface area (Å²) in [6, 6.07) is 26.1. The fourth-order valence-corrected chi connectivity index (χ4v) is 3.78. The van der Waals surface area contributed by atoms with Crippen molar-refractivity contribution in [3.8, 4) is 11.5 Å². The molecule has 0 aliphatic carbocycles. The van der Waals surface area contributed by atoms with Crippen LogP contribution in [0.25, 0.3) is 10.8 Å². The van der Waals surface area contributed by atoms with E-state index in [0.29, 0.717) is 39.6 Å². The predicted molar refractivity (Wildman–Crippen MR) is 124 cm³/mol. The van der Waals surface area contributed by atoms with Crippen LogP contribution in [0, 0.1) is 0 Å². The van der Waals surface area contributed by atoms with Gasteiger partial charge in [0.1, 0.15) is 11.5 Å². The van der Waals surface area contributed by atoms with Crippen LogP contribution in [0.5, 0.6) is 11.5 Å². The van der Waals surface area contributed by atoms with Crippen LogP contribution in [-0.4, -0.2) is 18.9 Å². The molecule has 4 rings (SSSR count). The maximum atomic E-state index is 12.8. The Morgan fingerprint density at radius 1 is 0.903 bits per heavy atom. The summed E-state index contributed by atoms with van der Waals surface area (Å²) in [6.45, 7) is 0.519. The minimum Gasteiger partial charge on any atom is -0.492 e. The first-order chi connectivity index (χ1) is 15.2. The van der Waals surface area contributed by atoms with Gasteiger partial charge in [0.05, 0.1) is 22.2 Å². The highest BCUT2D eigenvalue weighted by molar-refractivity contribution is 9.10. The summed E-state index contributed by atoms with van der Waals surface area (Å²) in [5, 5.41) is 1.60. The molecule has 4 aromatic carbocycles. The molecule has 0 saturated carbocycles. The molecule has 0 radical (unpaired) electrons. The SMILES string of the molecule is O=Cc1ccc2ccccc2c1OC(=O)c1ccc(OCCc2ccccc2)c(Br)c1. The molecule has 0 saturated heterocycles. The zero-order valence-electron chi connectivity index (χ0n) is 16.6.